The third kappa shape index (κ3) is 4.23. The molecule has 0 aliphatic rings. The molecule has 11 nitrogen and oxygen atoms in total. The van der Waals surface area contributed by atoms with Crippen LogP contribution in [0.3, 0.4) is 0 Å². The second kappa shape index (κ2) is 8.09. The second-order valence-electron chi connectivity index (χ2n) is 6.98. The number of hydrogen-bond donors (Lipinski definition) is 2. The molecule has 0 atom stereocenters. The Bertz CT molecular complexity index is 1200. The van der Waals surface area contributed by atoms with Crippen molar-refractivity contribution in [3.05, 3.63) is 60.8 Å². The van der Waals surface area contributed by atoms with Gasteiger partial charge in [-0.25, -0.2) is 10.2 Å². The minimum absolute atomic E-state index is 0.0420. The lowest BCUT2D eigenvalue weighted by molar-refractivity contribution is -0.384. The smallest absolute Gasteiger partial charge is 0.303 e. The van der Waals surface area contributed by atoms with E-state index < -0.39 is 16.2 Å². The summed E-state index contributed by atoms with van der Waals surface area (Å²) in [5.41, 5.74) is 2.72. The van der Waals surface area contributed by atoms with Crippen molar-refractivity contribution in [2.75, 3.05) is 5.43 Å². The average Bonchev–Trinajstić information content (AvgIpc) is 3.04. The zero-order chi connectivity index (χ0) is 21.1. The first-order chi connectivity index (χ1) is 13.8. The number of aryl methyl sites for hydroxylation is 2. The Balaban J connectivity index is 1.98. The lowest BCUT2D eigenvalue weighted by Gasteiger charge is -2.09. The Labute approximate surface area is 164 Å². The van der Waals surface area contributed by atoms with E-state index in [2.05, 4.69) is 34.3 Å². The highest BCUT2D eigenvalue weighted by Gasteiger charge is 2.17. The van der Waals surface area contributed by atoms with E-state index >= 15 is 0 Å². The zero-order valence-corrected chi connectivity index (χ0v) is 16.2. The van der Waals surface area contributed by atoms with Gasteiger partial charge in [0.05, 0.1) is 11.1 Å². The fourth-order valence-corrected chi connectivity index (χ4v) is 2.81. The van der Waals surface area contributed by atoms with Gasteiger partial charge in [-0.05, 0) is 12.3 Å². The summed E-state index contributed by atoms with van der Waals surface area (Å²) in [7, 11) is 1.52. The fraction of sp³-hybridized carbons (Fsp3) is 0.333. The van der Waals surface area contributed by atoms with Crippen molar-refractivity contribution in [1.29, 1.82) is 0 Å². The van der Waals surface area contributed by atoms with Gasteiger partial charge < -0.3 is 4.57 Å². The van der Waals surface area contributed by atoms with E-state index in [4.69, 9.17) is 0 Å². The molecule has 3 rings (SSSR count). The number of non-ortho nitro benzene ring substituents is 1. The van der Waals surface area contributed by atoms with Crippen LogP contribution in [0.1, 0.15) is 25.8 Å². The van der Waals surface area contributed by atoms with E-state index in [-0.39, 0.29) is 16.9 Å². The maximum absolute atomic E-state index is 12.4. The predicted octanol–water partition coefficient (Wildman–Crippen LogP) is 1.82. The number of nitrogens with zero attached hydrogens (tertiary/aromatic N) is 5. The summed E-state index contributed by atoms with van der Waals surface area (Å²) in [4.78, 5) is 41.3. The van der Waals surface area contributed by atoms with Crippen LogP contribution in [0.5, 0.6) is 0 Å². The highest BCUT2D eigenvalue weighted by atomic mass is 16.6. The SMILES string of the molecule is CC(C)CCn1c(N/N=C\c2cccc([N+](=O)[O-])c2)nc2c1c(=O)[nH]c(=O)n2C. The quantitative estimate of drug-likeness (QED) is 0.353. The highest BCUT2D eigenvalue weighted by molar-refractivity contribution is 5.81. The molecule has 0 unspecified atom stereocenters. The van der Waals surface area contributed by atoms with Crippen LogP contribution in [0.2, 0.25) is 0 Å². The van der Waals surface area contributed by atoms with Gasteiger partial charge in [-0.15, -0.1) is 0 Å². The van der Waals surface area contributed by atoms with Gasteiger partial charge in [0.2, 0.25) is 5.95 Å². The number of hydrazone groups is 1. The summed E-state index contributed by atoms with van der Waals surface area (Å²) in [5.74, 6) is 0.689. The monoisotopic (exact) mass is 399 g/mol. The minimum atomic E-state index is -0.553. The van der Waals surface area contributed by atoms with Crippen LogP contribution in [-0.4, -0.2) is 30.2 Å². The maximum atomic E-state index is 12.4. The number of H-pyrrole nitrogens is 1. The molecule has 152 valence electrons. The van der Waals surface area contributed by atoms with Crippen molar-refractivity contribution >= 4 is 29.0 Å². The van der Waals surface area contributed by atoms with Crippen molar-refractivity contribution < 1.29 is 4.92 Å². The summed E-state index contributed by atoms with van der Waals surface area (Å²) < 4.78 is 2.94. The number of benzene rings is 1. The van der Waals surface area contributed by atoms with E-state index in [1.807, 2.05) is 0 Å². The molecule has 2 aromatic heterocycles. The molecule has 0 bridgehead atoms. The lowest BCUT2D eigenvalue weighted by atomic mass is 10.1. The van der Waals surface area contributed by atoms with Crippen LogP contribution in [-0.2, 0) is 13.6 Å². The Hall–Kier alpha value is -3.76. The third-order valence-corrected chi connectivity index (χ3v) is 4.40. The molecule has 0 radical (unpaired) electrons. The normalized spacial score (nSPS) is 11.6. The Morgan fingerprint density at radius 3 is 2.83 bits per heavy atom. The summed E-state index contributed by atoms with van der Waals surface area (Å²) >= 11 is 0. The van der Waals surface area contributed by atoms with Gasteiger partial charge in [-0.1, -0.05) is 26.0 Å². The second-order valence-corrected chi connectivity index (χ2v) is 6.98. The van der Waals surface area contributed by atoms with Crippen LogP contribution >= 0.6 is 0 Å². The molecule has 0 spiro atoms. The van der Waals surface area contributed by atoms with Crippen LogP contribution in [0, 0.1) is 16.0 Å². The van der Waals surface area contributed by atoms with Crippen molar-refractivity contribution in [2.45, 2.75) is 26.8 Å². The molecular formula is C18H21N7O4. The third-order valence-electron chi connectivity index (χ3n) is 4.40. The Kier molecular flexibility index (Phi) is 5.57. The van der Waals surface area contributed by atoms with E-state index in [1.54, 1.807) is 16.7 Å². The van der Waals surface area contributed by atoms with Gasteiger partial charge >= 0.3 is 5.69 Å². The van der Waals surface area contributed by atoms with E-state index in [0.29, 0.717) is 24.0 Å². The van der Waals surface area contributed by atoms with E-state index in [1.165, 1.54) is 30.0 Å². The number of rotatable bonds is 7. The molecule has 3 aromatic rings. The molecule has 2 heterocycles. The Morgan fingerprint density at radius 2 is 2.14 bits per heavy atom. The minimum Gasteiger partial charge on any atom is -0.303 e. The van der Waals surface area contributed by atoms with Gasteiger partial charge in [0.15, 0.2) is 11.2 Å². The van der Waals surface area contributed by atoms with Crippen LogP contribution in [0.4, 0.5) is 11.6 Å². The van der Waals surface area contributed by atoms with E-state index in [0.717, 1.165) is 6.42 Å². The van der Waals surface area contributed by atoms with Crippen molar-refractivity contribution in [2.24, 2.45) is 18.1 Å². The molecule has 0 aliphatic carbocycles. The molecule has 0 saturated carbocycles. The first-order valence-corrected chi connectivity index (χ1v) is 9.01. The molecule has 0 aliphatic heterocycles. The number of nitro groups is 1. The van der Waals surface area contributed by atoms with Crippen LogP contribution < -0.4 is 16.7 Å². The van der Waals surface area contributed by atoms with Gasteiger partial charge in [0.25, 0.3) is 11.2 Å². The van der Waals surface area contributed by atoms with Gasteiger partial charge in [0.1, 0.15) is 0 Å². The zero-order valence-electron chi connectivity index (χ0n) is 16.2. The van der Waals surface area contributed by atoms with Gasteiger partial charge in [-0.2, -0.15) is 10.1 Å². The highest BCUT2D eigenvalue weighted by Crippen LogP contribution is 2.18. The molecule has 0 fully saturated rings. The van der Waals surface area contributed by atoms with Gasteiger partial charge in [-0.3, -0.25) is 24.5 Å². The number of aromatic nitrogens is 4. The predicted molar refractivity (Wildman–Crippen MR) is 109 cm³/mol. The number of fused-ring (bicyclic) bond motifs is 1. The molecular weight excluding hydrogens is 378 g/mol. The Morgan fingerprint density at radius 1 is 1.38 bits per heavy atom. The number of nitro benzene ring substituents is 1. The average molecular weight is 399 g/mol. The summed E-state index contributed by atoms with van der Waals surface area (Å²) in [6, 6.07) is 6.02. The summed E-state index contributed by atoms with van der Waals surface area (Å²) in [6.45, 7) is 4.63. The molecule has 0 amide bonds. The number of aromatic amines is 1. The topological polar surface area (TPSA) is 140 Å². The number of hydrogen-bond acceptors (Lipinski definition) is 7. The summed E-state index contributed by atoms with van der Waals surface area (Å²) in [5, 5.41) is 15.0. The molecule has 11 heteroatoms. The maximum Gasteiger partial charge on any atom is 0.329 e. The molecule has 2 N–H and O–H groups in total. The summed E-state index contributed by atoms with van der Waals surface area (Å²) in [6.07, 6.45) is 2.21. The number of nitrogens with one attached hydrogen (secondary N) is 2. The fourth-order valence-electron chi connectivity index (χ4n) is 2.81. The number of anilines is 1. The standard InChI is InChI=1S/C18H21N7O4/c1-11(2)7-8-24-14-15(23(3)18(27)21-16(14)26)20-17(24)22-19-10-12-5-4-6-13(9-12)25(28)29/h4-6,9-11H,7-8H2,1-3H3,(H,20,22)(H,21,26,27)/b19-10-. The number of imidazole rings is 1. The van der Waals surface area contributed by atoms with Crippen LogP contribution in [0.25, 0.3) is 11.2 Å². The van der Waals surface area contributed by atoms with Crippen LogP contribution in [0.15, 0.2) is 39.0 Å². The molecule has 0 saturated heterocycles. The lowest BCUT2D eigenvalue weighted by Crippen LogP contribution is -2.29. The van der Waals surface area contributed by atoms with Crippen molar-refractivity contribution in [3.63, 3.8) is 0 Å². The van der Waals surface area contributed by atoms with Gasteiger partial charge in [0, 0.05) is 31.3 Å². The van der Waals surface area contributed by atoms with E-state index in [9.17, 15) is 19.7 Å². The van der Waals surface area contributed by atoms with Crippen molar-refractivity contribution in [1.82, 2.24) is 19.1 Å². The molecule has 29 heavy (non-hydrogen) atoms. The molecule has 1 aromatic carbocycles. The largest absolute Gasteiger partial charge is 0.329 e. The first-order valence-electron chi connectivity index (χ1n) is 9.01. The van der Waals surface area contributed by atoms with Crippen molar-refractivity contribution in [3.8, 4) is 0 Å². The first kappa shape index (κ1) is 20.0.